The number of fused-ring (bicyclic) bond motifs is 1. The van der Waals surface area contributed by atoms with Gasteiger partial charge < -0.3 is 10.1 Å². The maximum atomic E-state index is 12.3. The van der Waals surface area contributed by atoms with Crippen LogP contribution in [0.15, 0.2) is 36.4 Å². The average Bonchev–Trinajstić information content (AvgIpc) is 2.58. The van der Waals surface area contributed by atoms with Crippen molar-refractivity contribution in [1.82, 2.24) is 0 Å². The molecule has 3 nitrogen and oxygen atoms in total. The Labute approximate surface area is 151 Å². The van der Waals surface area contributed by atoms with E-state index < -0.39 is 6.10 Å². The van der Waals surface area contributed by atoms with Crippen LogP contribution in [0.4, 0.5) is 5.69 Å². The first kappa shape index (κ1) is 17.1. The third-order valence-corrected chi connectivity index (χ3v) is 4.75. The van der Waals surface area contributed by atoms with E-state index in [4.69, 9.17) is 27.9 Å². The average molecular weight is 364 g/mol. The summed E-state index contributed by atoms with van der Waals surface area (Å²) in [6.45, 7) is 1.72. The number of amides is 1. The minimum Gasteiger partial charge on any atom is -0.481 e. The Morgan fingerprint density at radius 2 is 1.83 bits per heavy atom. The highest BCUT2D eigenvalue weighted by Gasteiger charge is 2.17. The summed E-state index contributed by atoms with van der Waals surface area (Å²) in [6, 6.07) is 11.0. The Kier molecular flexibility index (Phi) is 5.32. The molecule has 24 heavy (non-hydrogen) atoms. The number of carbonyl (C=O) groups excluding carboxylic acids is 1. The van der Waals surface area contributed by atoms with Crippen molar-refractivity contribution in [2.45, 2.75) is 38.7 Å². The Hall–Kier alpha value is -1.71. The van der Waals surface area contributed by atoms with Gasteiger partial charge >= 0.3 is 0 Å². The molecule has 0 heterocycles. The van der Waals surface area contributed by atoms with Crippen molar-refractivity contribution < 1.29 is 9.53 Å². The van der Waals surface area contributed by atoms with Gasteiger partial charge in [0.2, 0.25) is 0 Å². The maximum absolute atomic E-state index is 12.3. The summed E-state index contributed by atoms with van der Waals surface area (Å²) in [5.74, 6) is 0.451. The standard InChI is InChI=1S/C19H19Cl2NO2/c1-12(19(23)22-18-11-15(20)7-9-17(18)21)24-16-8-6-13-4-2-3-5-14(13)10-16/h6-12H,2-5H2,1H3,(H,22,23)/t12-/m0/s1. The number of halogens is 2. The van der Waals surface area contributed by atoms with E-state index in [1.807, 2.05) is 12.1 Å². The van der Waals surface area contributed by atoms with E-state index in [0.29, 0.717) is 15.7 Å². The molecule has 1 N–H and O–H groups in total. The fourth-order valence-electron chi connectivity index (χ4n) is 2.87. The number of carbonyl (C=O) groups is 1. The van der Waals surface area contributed by atoms with E-state index in [9.17, 15) is 4.79 Å². The Bertz CT molecular complexity index is 761. The minimum absolute atomic E-state index is 0.267. The van der Waals surface area contributed by atoms with E-state index in [-0.39, 0.29) is 5.91 Å². The number of anilines is 1. The summed E-state index contributed by atoms with van der Waals surface area (Å²) in [7, 11) is 0. The number of ether oxygens (including phenoxy) is 1. The van der Waals surface area contributed by atoms with Gasteiger partial charge in [-0.15, -0.1) is 0 Å². The van der Waals surface area contributed by atoms with E-state index >= 15 is 0 Å². The van der Waals surface area contributed by atoms with Crippen LogP contribution in [-0.4, -0.2) is 12.0 Å². The van der Waals surface area contributed by atoms with E-state index in [0.717, 1.165) is 18.6 Å². The summed E-state index contributed by atoms with van der Waals surface area (Å²) in [5.41, 5.74) is 3.19. The predicted octanol–water partition coefficient (Wildman–Crippen LogP) is 5.28. The number of aryl methyl sites for hydroxylation is 2. The van der Waals surface area contributed by atoms with Crippen LogP contribution < -0.4 is 10.1 Å². The largest absolute Gasteiger partial charge is 0.481 e. The lowest BCUT2D eigenvalue weighted by molar-refractivity contribution is -0.122. The third kappa shape index (κ3) is 4.03. The van der Waals surface area contributed by atoms with Crippen molar-refractivity contribution in [3.63, 3.8) is 0 Å². The predicted molar refractivity (Wildman–Crippen MR) is 98.3 cm³/mol. The molecule has 5 heteroatoms. The molecule has 0 bridgehead atoms. The molecule has 1 aliphatic carbocycles. The zero-order valence-electron chi connectivity index (χ0n) is 13.4. The number of rotatable bonds is 4. The van der Waals surface area contributed by atoms with Gasteiger partial charge in [-0.3, -0.25) is 4.79 Å². The second-order valence-electron chi connectivity index (χ2n) is 6.01. The van der Waals surface area contributed by atoms with Gasteiger partial charge in [0.15, 0.2) is 6.10 Å². The summed E-state index contributed by atoms with van der Waals surface area (Å²) >= 11 is 12.0. The van der Waals surface area contributed by atoms with Gasteiger partial charge in [0.1, 0.15) is 5.75 Å². The second-order valence-corrected chi connectivity index (χ2v) is 6.85. The molecule has 1 amide bonds. The zero-order chi connectivity index (χ0) is 17.1. The molecule has 0 saturated heterocycles. The molecule has 0 spiro atoms. The van der Waals surface area contributed by atoms with Gasteiger partial charge in [0.25, 0.3) is 5.91 Å². The molecule has 0 unspecified atom stereocenters. The summed E-state index contributed by atoms with van der Waals surface area (Å²) in [5, 5.41) is 3.70. The van der Waals surface area contributed by atoms with Crippen LogP contribution in [0, 0.1) is 0 Å². The van der Waals surface area contributed by atoms with Crippen molar-refractivity contribution in [3.05, 3.63) is 57.6 Å². The third-order valence-electron chi connectivity index (χ3n) is 4.19. The molecule has 0 fully saturated rings. The lowest BCUT2D eigenvalue weighted by atomic mass is 9.92. The SMILES string of the molecule is C[C@H](Oc1ccc2c(c1)CCCC2)C(=O)Nc1cc(Cl)ccc1Cl. The Balaban J connectivity index is 1.67. The molecule has 126 valence electrons. The summed E-state index contributed by atoms with van der Waals surface area (Å²) in [4.78, 5) is 12.3. The van der Waals surface area contributed by atoms with Crippen molar-refractivity contribution in [2.75, 3.05) is 5.32 Å². The molecular formula is C19H19Cl2NO2. The molecule has 3 rings (SSSR count). The van der Waals surface area contributed by atoms with Gasteiger partial charge in [0.05, 0.1) is 10.7 Å². The van der Waals surface area contributed by atoms with Gasteiger partial charge in [-0.2, -0.15) is 0 Å². The fraction of sp³-hybridized carbons (Fsp3) is 0.316. The van der Waals surface area contributed by atoms with Crippen LogP contribution >= 0.6 is 23.2 Å². The smallest absolute Gasteiger partial charge is 0.265 e. The number of nitrogens with one attached hydrogen (secondary N) is 1. The van der Waals surface area contributed by atoms with Crippen molar-refractivity contribution in [3.8, 4) is 5.75 Å². The number of hydrogen-bond donors (Lipinski definition) is 1. The molecule has 1 aliphatic rings. The first-order valence-electron chi connectivity index (χ1n) is 8.07. The van der Waals surface area contributed by atoms with Crippen molar-refractivity contribution in [2.24, 2.45) is 0 Å². The van der Waals surface area contributed by atoms with Gasteiger partial charge in [-0.05, 0) is 74.1 Å². The Morgan fingerprint density at radius 1 is 1.08 bits per heavy atom. The highest BCUT2D eigenvalue weighted by atomic mass is 35.5. The lowest BCUT2D eigenvalue weighted by Crippen LogP contribution is -2.30. The minimum atomic E-state index is -0.637. The van der Waals surface area contributed by atoms with E-state index in [1.165, 1.54) is 24.0 Å². The molecule has 1 atom stereocenters. The van der Waals surface area contributed by atoms with Crippen molar-refractivity contribution in [1.29, 1.82) is 0 Å². The molecule has 0 aromatic heterocycles. The van der Waals surface area contributed by atoms with Gasteiger partial charge in [0, 0.05) is 5.02 Å². The van der Waals surface area contributed by atoms with Gasteiger partial charge in [-0.25, -0.2) is 0 Å². The van der Waals surface area contributed by atoms with E-state index in [1.54, 1.807) is 25.1 Å². The first-order chi connectivity index (χ1) is 11.5. The van der Waals surface area contributed by atoms with Crippen LogP contribution in [-0.2, 0) is 17.6 Å². The quantitative estimate of drug-likeness (QED) is 0.802. The Morgan fingerprint density at radius 3 is 2.62 bits per heavy atom. The highest BCUT2D eigenvalue weighted by Crippen LogP contribution is 2.27. The molecule has 2 aromatic carbocycles. The fourth-order valence-corrected chi connectivity index (χ4v) is 3.21. The number of hydrogen-bond acceptors (Lipinski definition) is 2. The lowest BCUT2D eigenvalue weighted by Gasteiger charge is -2.19. The van der Waals surface area contributed by atoms with Crippen LogP contribution in [0.3, 0.4) is 0 Å². The second kappa shape index (κ2) is 7.45. The van der Waals surface area contributed by atoms with Gasteiger partial charge in [-0.1, -0.05) is 29.3 Å². The molecule has 2 aromatic rings. The van der Waals surface area contributed by atoms with Crippen LogP contribution in [0.2, 0.25) is 10.0 Å². The zero-order valence-corrected chi connectivity index (χ0v) is 15.0. The van der Waals surface area contributed by atoms with Crippen molar-refractivity contribution >= 4 is 34.8 Å². The van der Waals surface area contributed by atoms with Crippen LogP contribution in [0.25, 0.3) is 0 Å². The maximum Gasteiger partial charge on any atom is 0.265 e. The highest BCUT2D eigenvalue weighted by molar-refractivity contribution is 6.35. The number of benzene rings is 2. The molecule has 0 saturated carbocycles. The first-order valence-corrected chi connectivity index (χ1v) is 8.83. The monoisotopic (exact) mass is 363 g/mol. The summed E-state index contributed by atoms with van der Waals surface area (Å²) < 4.78 is 5.80. The normalized spacial score (nSPS) is 14.6. The summed E-state index contributed by atoms with van der Waals surface area (Å²) in [6.07, 6.45) is 4.01. The van der Waals surface area contributed by atoms with Crippen LogP contribution in [0.5, 0.6) is 5.75 Å². The molecular weight excluding hydrogens is 345 g/mol. The molecule has 0 radical (unpaired) electrons. The topological polar surface area (TPSA) is 38.3 Å². The molecule has 0 aliphatic heterocycles. The van der Waals surface area contributed by atoms with Crippen LogP contribution in [0.1, 0.15) is 30.9 Å². The van der Waals surface area contributed by atoms with E-state index in [2.05, 4.69) is 11.4 Å².